The van der Waals surface area contributed by atoms with E-state index >= 15 is 0 Å². The molecule has 3 rings (SSSR count). The number of hydrogen-bond donors (Lipinski definition) is 1. The van der Waals surface area contributed by atoms with Crippen LogP contribution in [-0.2, 0) is 0 Å². The molecule has 0 spiro atoms. The van der Waals surface area contributed by atoms with Crippen molar-refractivity contribution in [3.63, 3.8) is 0 Å². The average molecular weight is 289 g/mol. The molecular weight excluding hydrogens is 280 g/mol. The van der Waals surface area contributed by atoms with Crippen molar-refractivity contribution in [3.8, 4) is 0 Å². The summed E-state index contributed by atoms with van der Waals surface area (Å²) in [6.07, 6.45) is 0. The zero-order chi connectivity index (χ0) is 13.4. The molecule has 1 N–H and O–H groups in total. The third-order valence-electron chi connectivity index (χ3n) is 2.88. The van der Waals surface area contributed by atoms with Crippen LogP contribution in [0.2, 0.25) is 5.02 Å². The van der Waals surface area contributed by atoms with Gasteiger partial charge in [-0.05, 0) is 48.6 Å². The summed E-state index contributed by atoms with van der Waals surface area (Å²) in [4.78, 5) is 15.5. The molecule has 19 heavy (non-hydrogen) atoms. The van der Waals surface area contributed by atoms with Crippen molar-refractivity contribution < 1.29 is 4.79 Å². The van der Waals surface area contributed by atoms with E-state index in [0.717, 1.165) is 11.0 Å². The number of halogens is 1. The lowest BCUT2D eigenvalue weighted by molar-refractivity contribution is 0.0963. The molecule has 2 aromatic carbocycles. The quantitative estimate of drug-likeness (QED) is 0.686. The molecule has 3 aromatic rings. The normalized spacial score (nSPS) is 10.8. The number of hydrogen-bond acceptors (Lipinski definition) is 2. The average Bonchev–Trinajstić information content (AvgIpc) is 2.74. The minimum absolute atomic E-state index is 0.167. The fourth-order valence-corrected chi connectivity index (χ4v) is 2.40. The van der Waals surface area contributed by atoms with Crippen molar-refractivity contribution in [2.24, 2.45) is 0 Å². The number of fused-ring (bicyclic) bond motifs is 1. The SMILES string of the molecule is O=C(c1ccc(Cl)cc1)n1c(=S)[nH]c2ccccc21. The molecule has 0 fully saturated rings. The molecule has 0 saturated carbocycles. The number of benzene rings is 2. The molecule has 0 saturated heterocycles. The van der Waals surface area contributed by atoms with Gasteiger partial charge in [-0.15, -0.1) is 0 Å². The number of carbonyl (C=O) groups is 1. The fraction of sp³-hybridized carbons (Fsp3) is 0. The molecule has 0 atom stereocenters. The minimum Gasteiger partial charge on any atom is -0.330 e. The maximum Gasteiger partial charge on any atom is 0.264 e. The van der Waals surface area contributed by atoms with E-state index in [9.17, 15) is 4.79 Å². The molecule has 94 valence electrons. The highest BCUT2D eigenvalue weighted by Crippen LogP contribution is 2.17. The van der Waals surface area contributed by atoms with Crippen molar-refractivity contribution in [3.05, 3.63) is 63.9 Å². The van der Waals surface area contributed by atoms with E-state index in [-0.39, 0.29) is 5.91 Å². The summed E-state index contributed by atoms with van der Waals surface area (Å²) in [5, 5.41) is 0.596. The Morgan fingerprint density at radius 1 is 1.11 bits per heavy atom. The van der Waals surface area contributed by atoms with Crippen LogP contribution in [0.1, 0.15) is 10.4 Å². The van der Waals surface area contributed by atoms with Crippen LogP contribution in [0.5, 0.6) is 0 Å². The van der Waals surface area contributed by atoms with Gasteiger partial charge in [0.25, 0.3) is 5.91 Å². The Kier molecular flexibility index (Phi) is 2.97. The van der Waals surface area contributed by atoms with Crippen molar-refractivity contribution in [2.75, 3.05) is 0 Å². The van der Waals surface area contributed by atoms with Gasteiger partial charge < -0.3 is 4.98 Å². The number of carbonyl (C=O) groups excluding carboxylic acids is 1. The van der Waals surface area contributed by atoms with Crippen LogP contribution in [0.3, 0.4) is 0 Å². The molecule has 1 aromatic heterocycles. The number of aromatic amines is 1. The van der Waals surface area contributed by atoms with E-state index in [1.807, 2.05) is 24.3 Å². The molecule has 0 aliphatic carbocycles. The van der Waals surface area contributed by atoms with Crippen molar-refractivity contribution in [1.29, 1.82) is 0 Å². The summed E-state index contributed by atoms with van der Waals surface area (Å²) in [6, 6.07) is 14.3. The van der Waals surface area contributed by atoms with Crippen LogP contribution >= 0.6 is 23.8 Å². The number of imidazole rings is 1. The van der Waals surface area contributed by atoms with Crippen LogP contribution in [0.4, 0.5) is 0 Å². The summed E-state index contributed by atoms with van der Waals surface area (Å²) >= 11 is 11.0. The van der Waals surface area contributed by atoms with Crippen molar-refractivity contribution in [2.45, 2.75) is 0 Å². The first-order valence-electron chi connectivity index (χ1n) is 5.67. The van der Waals surface area contributed by atoms with E-state index in [1.165, 1.54) is 4.57 Å². The van der Waals surface area contributed by atoms with Gasteiger partial charge >= 0.3 is 0 Å². The molecule has 0 aliphatic rings. The monoisotopic (exact) mass is 288 g/mol. The van der Waals surface area contributed by atoms with E-state index in [2.05, 4.69) is 4.98 Å². The van der Waals surface area contributed by atoms with Gasteiger partial charge in [-0.2, -0.15) is 0 Å². The first-order chi connectivity index (χ1) is 9.16. The van der Waals surface area contributed by atoms with E-state index in [4.69, 9.17) is 23.8 Å². The summed E-state index contributed by atoms with van der Waals surface area (Å²) in [7, 11) is 0. The molecule has 0 bridgehead atoms. The predicted octanol–water partition coefficient (Wildman–Crippen LogP) is 4.04. The van der Waals surface area contributed by atoms with E-state index < -0.39 is 0 Å². The number of aromatic nitrogens is 2. The molecule has 0 radical (unpaired) electrons. The Morgan fingerprint density at radius 3 is 2.53 bits per heavy atom. The summed E-state index contributed by atoms with van der Waals surface area (Å²) in [5.41, 5.74) is 2.16. The first kappa shape index (κ1) is 12.1. The zero-order valence-corrected chi connectivity index (χ0v) is 11.3. The smallest absolute Gasteiger partial charge is 0.264 e. The Bertz CT molecular complexity index is 817. The van der Waals surface area contributed by atoms with Crippen molar-refractivity contribution >= 4 is 40.8 Å². The predicted molar refractivity (Wildman–Crippen MR) is 78.3 cm³/mol. The molecule has 0 aliphatic heterocycles. The number of rotatable bonds is 1. The lowest BCUT2D eigenvalue weighted by atomic mass is 10.2. The number of para-hydroxylation sites is 2. The van der Waals surface area contributed by atoms with Gasteiger partial charge in [-0.1, -0.05) is 23.7 Å². The highest BCUT2D eigenvalue weighted by molar-refractivity contribution is 7.71. The molecule has 0 unspecified atom stereocenters. The van der Waals surface area contributed by atoms with Gasteiger partial charge in [0.2, 0.25) is 0 Å². The van der Waals surface area contributed by atoms with Gasteiger partial charge in [-0.25, -0.2) is 0 Å². The van der Waals surface area contributed by atoms with Gasteiger partial charge in [0.15, 0.2) is 4.77 Å². The van der Waals surface area contributed by atoms with Gasteiger partial charge in [0.1, 0.15) is 0 Å². The Balaban J connectivity index is 2.19. The molecule has 1 heterocycles. The van der Waals surface area contributed by atoms with E-state index in [0.29, 0.717) is 15.4 Å². The second-order valence-corrected chi connectivity index (χ2v) is 4.92. The summed E-state index contributed by atoms with van der Waals surface area (Å²) in [5.74, 6) is -0.167. The maximum atomic E-state index is 12.5. The standard InChI is InChI=1S/C14H9ClN2OS/c15-10-7-5-9(6-8-10)13(18)17-12-4-2-1-3-11(12)16-14(17)19/h1-8H,(H,16,19). The molecule has 3 nitrogen and oxygen atoms in total. The molecule has 5 heteroatoms. The van der Waals surface area contributed by atoms with E-state index in [1.54, 1.807) is 24.3 Å². The van der Waals surface area contributed by atoms with Gasteiger partial charge in [0, 0.05) is 10.6 Å². The van der Waals surface area contributed by atoms with Crippen LogP contribution in [-0.4, -0.2) is 15.5 Å². The van der Waals surface area contributed by atoms with Crippen LogP contribution < -0.4 is 0 Å². The first-order valence-corrected chi connectivity index (χ1v) is 6.45. The third-order valence-corrected chi connectivity index (χ3v) is 3.42. The number of nitrogens with zero attached hydrogens (tertiary/aromatic N) is 1. The van der Waals surface area contributed by atoms with Gasteiger partial charge in [0.05, 0.1) is 11.0 Å². The second kappa shape index (κ2) is 4.64. The topological polar surface area (TPSA) is 37.8 Å². The Hall–Kier alpha value is -1.91. The fourth-order valence-electron chi connectivity index (χ4n) is 1.98. The number of nitrogens with one attached hydrogen (secondary N) is 1. The number of H-pyrrole nitrogens is 1. The lowest BCUT2D eigenvalue weighted by Crippen LogP contribution is -2.11. The van der Waals surface area contributed by atoms with Crippen LogP contribution in [0.25, 0.3) is 11.0 Å². The molecular formula is C14H9ClN2OS. The summed E-state index contributed by atoms with van der Waals surface area (Å²) < 4.78 is 1.88. The maximum absolute atomic E-state index is 12.5. The summed E-state index contributed by atoms with van der Waals surface area (Å²) in [6.45, 7) is 0. The second-order valence-electron chi connectivity index (χ2n) is 4.09. The minimum atomic E-state index is -0.167. The van der Waals surface area contributed by atoms with Crippen LogP contribution in [0.15, 0.2) is 48.5 Å². The lowest BCUT2D eigenvalue weighted by Gasteiger charge is -2.03. The van der Waals surface area contributed by atoms with Gasteiger partial charge in [-0.3, -0.25) is 9.36 Å². The zero-order valence-electron chi connectivity index (χ0n) is 9.76. The Morgan fingerprint density at radius 2 is 1.79 bits per heavy atom. The molecule has 0 amide bonds. The highest BCUT2D eigenvalue weighted by atomic mass is 35.5. The Labute approximate surface area is 119 Å². The van der Waals surface area contributed by atoms with Crippen molar-refractivity contribution in [1.82, 2.24) is 9.55 Å². The third kappa shape index (κ3) is 2.09. The largest absolute Gasteiger partial charge is 0.330 e. The van der Waals surface area contributed by atoms with Crippen LogP contribution in [0, 0.1) is 4.77 Å². The highest BCUT2D eigenvalue weighted by Gasteiger charge is 2.13.